The van der Waals surface area contributed by atoms with Crippen LogP contribution in [0.2, 0.25) is 0 Å². The molecule has 3 atom stereocenters. The molecule has 0 N–H and O–H groups in total. The third kappa shape index (κ3) is 1.73. The zero-order chi connectivity index (χ0) is 9.26. The highest BCUT2D eigenvalue weighted by atomic mass is 16.6. The smallest absolute Gasteiger partial charge is 0.0986 e. The quantitative estimate of drug-likeness (QED) is 0.637. The number of morpholine rings is 1. The number of hydrogen-bond acceptors (Lipinski definition) is 3. The summed E-state index contributed by atoms with van der Waals surface area (Å²) < 4.78 is 11.1. The van der Waals surface area contributed by atoms with Gasteiger partial charge in [0.1, 0.15) is 0 Å². The lowest BCUT2D eigenvalue weighted by Gasteiger charge is -2.39. The second-order valence-electron chi connectivity index (χ2n) is 4.01. The van der Waals surface area contributed by atoms with Crippen LogP contribution in [0.1, 0.15) is 20.3 Å². The van der Waals surface area contributed by atoms with Gasteiger partial charge in [0.05, 0.1) is 32.0 Å². The fraction of sp³-hybridized carbons (Fsp3) is 1.00. The van der Waals surface area contributed by atoms with E-state index in [4.69, 9.17) is 9.47 Å². The van der Waals surface area contributed by atoms with E-state index < -0.39 is 0 Å². The number of ether oxygens (including phenoxy) is 2. The Morgan fingerprint density at radius 2 is 2.31 bits per heavy atom. The Kier molecular flexibility index (Phi) is 2.86. The van der Waals surface area contributed by atoms with Gasteiger partial charge in [-0.25, -0.2) is 0 Å². The van der Waals surface area contributed by atoms with Crippen molar-refractivity contribution in [2.45, 2.75) is 38.5 Å². The molecule has 0 aromatic rings. The van der Waals surface area contributed by atoms with Gasteiger partial charge in [0.25, 0.3) is 0 Å². The fourth-order valence-electron chi connectivity index (χ4n) is 2.25. The summed E-state index contributed by atoms with van der Waals surface area (Å²) in [5.74, 6) is 0. The summed E-state index contributed by atoms with van der Waals surface area (Å²) in [6, 6.07) is 1.18. The normalized spacial score (nSPS) is 37.4. The summed E-state index contributed by atoms with van der Waals surface area (Å²) >= 11 is 0. The molecule has 2 fully saturated rings. The largest absolute Gasteiger partial charge is 0.377 e. The van der Waals surface area contributed by atoms with Gasteiger partial charge in [0, 0.05) is 12.6 Å². The lowest BCUT2D eigenvalue weighted by atomic mass is 10.1. The van der Waals surface area contributed by atoms with Gasteiger partial charge in [0.15, 0.2) is 0 Å². The Balaban J connectivity index is 2.01. The van der Waals surface area contributed by atoms with E-state index in [-0.39, 0.29) is 0 Å². The molecule has 0 spiro atoms. The highest BCUT2D eigenvalue weighted by Crippen LogP contribution is 2.23. The van der Waals surface area contributed by atoms with Crippen molar-refractivity contribution in [2.75, 3.05) is 26.4 Å². The van der Waals surface area contributed by atoms with E-state index >= 15 is 0 Å². The van der Waals surface area contributed by atoms with Crippen molar-refractivity contribution in [3.8, 4) is 0 Å². The van der Waals surface area contributed by atoms with E-state index in [9.17, 15) is 0 Å². The van der Waals surface area contributed by atoms with Crippen LogP contribution in [0.15, 0.2) is 0 Å². The van der Waals surface area contributed by atoms with Gasteiger partial charge in [0.2, 0.25) is 0 Å². The van der Waals surface area contributed by atoms with E-state index in [2.05, 4.69) is 18.7 Å². The van der Waals surface area contributed by atoms with Crippen LogP contribution in [-0.4, -0.2) is 49.5 Å². The zero-order valence-corrected chi connectivity index (χ0v) is 8.53. The van der Waals surface area contributed by atoms with E-state index in [0.29, 0.717) is 18.2 Å². The molecule has 0 bridgehead atoms. The summed E-state index contributed by atoms with van der Waals surface area (Å²) in [4.78, 5) is 2.54. The number of hydrogen-bond donors (Lipinski definition) is 0. The summed E-state index contributed by atoms with van der Waals surface area (Å²) in [7, 11) is 0. The number of fused-ring (bicyclic) bond motifs is 1. The Morgan fingerprint density at radius 1 is 1.46 bits per heavy atom. The van der Waals surface area contributed by atoms with Gasteiger partial charge >= 0.3 is 0 Å². The molecule has 0 aliphatic carbocycles. The molecule has 0 radical (unpaired) electrons. The van der Waals surface area contributed by atoms with Gasteiger partial charge in [-0.1, -0.05) is 6.92 Å². The highest BCUT2D eigenvalue weighted by Gasteiger charge is 2.38. The molecule has 0 aromatic heterocycles. The molecule has 2 saturated heterocycles. The first-order valence-corrected chi connectivity index (χ1v) is 5.28. The van der Waals surface area contributed by atoms with Crippen molar-refractivity contribution >= 4 is 0 Å². The predicted molar refractivity (Wildman–Crippen MR) is 50.8 cm³/mol. The second-order valence-corrected chi connectivity index (χ2v) is 4.01. The molecule has 3 nitrogen and oxygen atoms in total. The number of rotatable bonds is 2. The molecular weight excluding hydrogens is 166 g/mol. The third-order valence-corrected chi connectivity index (χ3v) is 3.26. The van der Waals surface area contributed by atoms with E-state index in [1.807, 2.05) is 0 Å². The molecule has 0 amide bonds. The van der Waals surface area contributed by atoms with Crippen molar-refractivity contribution in [3.63, 3.8) is 0 Å². The number of nitrogens with zero attached hydrogens (tertiary/aromatic N) is 1. The average molecular weight is 185 g/mol. The second kappa shape index (κ2) is 3.95. The summed E-state index contributed by atoms with van der Waals surface area (Å²) in [5.41, 5.74) is 0. The summed E-state index contributed by atoms with van der Waals surface area (Å²) in [6.07, 6.45) is 1.55. The Bertz CT molecular complexity index is 174. The lowest BCUT2D eigenvalue weighted by molar-refractivity contribution is -0.0617. The fourth-order valence-corrected chi connectivity index (χ4v) is 2.25. The maximum absolute atomic E-state index is 5.66. The van der Waals surface area contributed by atoms with Gasteiger partial charge in [-0.2, -0.15) is 0 Å². The lowest BCUT2D eigenvalue weighted by Crippen LogP contribution is -2.53. The van der Waals surface area contributed by atoms with Crippen molar-refractivity contribution < 1.29 is 9.47 Å². The van der Waals surface area contributed by atoms with E-state index in [1.165, 1.54) is 6.42 Å². The Hall–Kier alpha value is -0.120. The van der Waals surface area contributed by atoms with Crippen LogP contribution in [0.5, 0.6) is 0 Å². The van der Waals surface area contributed by atoms with E-state index in [0.717, 1.165) is 26.4 Å². The molecule has 13 heavy (non-hydrogen) atoms. The van der Waals surface area contributed by atoms with Crippen LogP contribution in [0.3, 0.4) is 0 Å². The maximum Gasteiger partial charge on any atom is 0.0986 e. The molecule has 76 valence electrons. The van der Waals surface area contributed by atoms with E-state index in [1.54, 1.807) is 0 Å². The van der Waals surface area contributed by atoms with Crippen molar-refractivity contribution in [1.82, 2.24) is 4.90 Å². The van der Waals surface area contributed by atoms with Gasteiger partial charge < -0.3 is 9.47 Å². The molecule has 3 unspecified atom stereocenters. The molecule has 3 heteroatoms. The van der Waals surface area contributed by atoms with Crippen LogP contribution in [-0.2, 0) is 9.47 Å². The highest BCUT2D eigenvalue weighted by molar-refractivity contribution is 4.89. The molecule has 2 heterocycles. The van der Waals surface area contributed by atoms with Crippen molar-refractivity contribution in [1.29, 1.82) is 0 Å². The molecular formula is C10H19NO2. The molecule has 0 saturated carbocycles. The minimum Gasteiger partial charge on any atom is -0.377 e. The summed E-state index contributed by atoms with van der Waals surface area (Å²) in [5, 5.41) is 0. The summed E-state index contributed by atoms with van der Waals surface area (Å²) in [6.45, 7) is 8.12. The topological polar surface area (TPSA) is 21.7 Å². The standard InChI is InChI=1S/C10H19NO2/c1-3-8(2)11-4-5-13-10-7-12-6-9(10)11/h8-10H,3-7H2,1-2H3. The third-order valence-electron chi connectivity index (χ3n) is 3.26. The van der Waals surface area contributed by atoms with Gasteiger partial charge in [-0.3, -0.25) is 4.90 Å². The van der Waals surface area contributed by atoms with Crippen LogP contribution < -0.4 is 0 Å². The minimum atomic E-state index is 0.336. The van der Waals surface area contributed by atoms with Crippen molar-refractivity contribution in [2.24, 2.45) is 0 Å². The average Bonchev–Trinajstić information content (AvgIpc) is 2.63. The first kappa shape index (κ1) is 9.44. The SMILES string of the molecule is CCC(C)N1CCOC2COCC21. The molecule has 2 rings (SSSR count). The van der Waals surface area contributed by atoms with Crippen LogP contribution in [0.25, 0.3) is 0 Å². The monoisotopic (exact) mass is 185 g/mol. The Labute approximate surface area is 80.0 Å². The minimum absolute atomic E-state index is 0.336. The van der Waals surface area contributed by atoms with Gasteiger partial charge in [-0.05, 0) is 13.3 Å². The van der Waals surface area contributed by atoms with Gasteiger partial charge in [-0.15, -0.1) is 0 Å². The zero-order valence-electron chi connectivity index (χ0n) is 8.53. The maximum atomic E-state index is 5.66. The van der Waals surface area contributed by atoms with Crippen LogP contribution >= 0.6 is 0 Å². The predicted octanol–water partition coefficient (Wildman–Crippen LogP) is 0.884. The Morgan fingerprint density at radius 3 is 3.08 bits per heavy atom. The van der Waals surface area contributed by atoms with Crippen molar-refractivity contribution in [3.05, 3.63) is 0 Å². The molecule has 2 aliphatic rings. The van der Waals surface area contributed by atoms with Crippen LogP contribution in [0, 0.1) is 0 Å². The first-order valence-electron chi connectivity index (χ1n) is 5.28. The molecule has 0 aromatic carbocycles. The molecule has 2 aliphatic heterocycles. The van der Waals surface area contributed by atoms with Crippen LogP contribution in [0.4, 0.5) is 0 Å². The first-order chi connectivity index (χ1) is 6.33.